The van der Waals surface area contributed by atoms with Gasteiger partial charge in [0.1, 0.15) is 11.5 Å². The number of para-hydroxylation sites is 2. The highest BCUT2D eigenvalue weighted by Crippen LogP contribution is 2.03. The second-order valence-electron chi connectivity index (χ2n) is 3.86. The van der Waals surface area contributed by atoms with E-state index in [2.05, 4.69) is 0 Å². The van der Waals surface area contributed by atoms with Gasteiger partial charge in [-0.25, -0.2) is 0 Å². The average Bonchev–Trinajstić information content (AvgIpc) is 2.85. The molecular weight excluding hydrogens is 270 g/mol. The van der Waals surface area contributed by atoms with Crippen LogP contribution < -0.4 is 5.32 Å². The van der Waals surface area contributed by atoms with E-state index in [-0.39, 0.29) is 11.8 Å². The Morgan fingerprint density at radius 1 is 0.619 bits per heavy atom. The number of hydrogen-bond donors (Lipinski definition) is 3. The van der Waals surface area contributed by atoms with Gasteiger partial charge in [0.2, 0.25) is 0 Å². The van der Waals surface area contributed by atoms with Crippen molar-refractivity contribution < 1.29 is 19.8 Å². The van der Waals surface area contributed by atoms with Crippen molar-refractivity contribution in [3.63, 3.8) is 0 Å². The number of benzene rings is 2. The molecule has 0 saturated heterocycles. The molecule has 5 nitrogen and oxygen atoms in total. The van der Waals surface area contributed by atoms with Crippen molar-refractivity contribution in [3.8, 4) is 11.5 Å². The first-order valence-electron chi connectivity index (χ1n) is 6.09. The molecule has 5 heteroatoms. The lowest BCUT2D eigenvalue weighted by Gasteiger charge is -1.82. The zero-order chi connectivity index (χ0) is 15.5. The van der Waals surface area contributed by atoms with E-state index in [1.165, 1.54) is 12.2 Å². The fraction of sp³-hybridized carbons (Fsp3) is 0. The molecule has 0 aromatic heterocycles. The lowest BCUT2D eigenvalue weighted by molar-refractivity contribution is -0.123. The summed E-state index contributed by atoms with van der Waals surface area (Å²) in [7, 11) is 0. The number of aromatic hydroxyl groups is 2. The van der Waals surface area contributed by atoms with Gasteiger partial charge in [0, 0.05) is 12.2 Å². The first-order valence-corrected chi connectivity index (χ1v) is 6.09. The Kier molecular flexibility index (Phi) is 6.79. The molecule has 1 heterocycles. The minimum absolute atomic E-state index is 0.322. The van der Waals surface area contributed by atoms with E-state index in [4.69, 9.17) is 10.2 Å². The van der Waals surface area contributed by atoms with Gasteiger partial charge in [-0.15, -0.1) is 0 Å². The molecule has 2 aromatic carbocycles. The molecule has 0 aliphatic carbocycles. The summed E-state index contributed by atoms with van der Waals surface area (Å²) in [6, 6.07) is 17.4. The molecule has 0 atom stereocenters. The molecule has 1 aliphatic heterocycles. The fourth-order valence-corrected chi connectivity index (χ4v) is 1.21. The van der Waals surface area contributed by atoms with Gasteiger partial charge in [-0.2, -0.15) is 0 Å². The number of amides is 2. The molecule has 0 radical (unpaired) electrons. The first-order chi connectivity index (χ1) is 10.1. The van der Waals surface area contributed by atoms with E-state index in [0.29, 0.717) is 11.5 Å². The fourth-order valence-electron chi connectivity index (χ4n) is 1.21. The predicted octanol–water partition coefficient (Wildman–Crippen LogP) is 1.98. The molecule has 0 spiro atoms. The summed E-state index contributed by atoms with van der Waals surface area (Å²) >= 11 is 0. The minimum atomic E-state index is -0.329. The number of nitrogens with one attached hydrogen (secondary N) is 1. The molecule has 21 heavy (non-hydrogen) atoms. The lowest BCUT2D eigenvalue weighted by Crippen LogP contribution is -2.19. The van der Waals surface area contributed by atoms with Crippen LogP contribution in [0.2, 0.25) is 0 Å². The molecule has 0 saturated carbocycles. The maximum absolute atomic E-state index is 10.0. The third kappa shape index (κ3) is 7.84. The van der Waals surface area contributed by atoms with Crippen molar-refractivity contribution in [2.45, 2.75) is 0 Å². The molecular formula is C16H15NO4. The van der Waals surface area contributed by atoms with E-state index >= 15 is 0 Å². The Bertz CT molecular complexity index is 541. The van der Waals surface area contributed by atoms with Gasteiger partial charge in [-0.3, -0.25) is 14.9 Å². The van der Waals surface area contributed by atoms with Crippen LogP contribution >= 0.6 is 0 Å². The van der Waals surface area contributed by atoms with E-state index in [9.17, 15) is 9.59 Å². The maximum atomic E-state index is 10.0. The molecule has 1 aliphatic rings. The monoisotopic (exact) mass is 285 g/mol. The molecule has 2 amide bonds. The van der Waals surface area contributed by atoms with Crippen molar-refractivity contribution in [2.75, 3.05) is 0 Å². The topological polar surface area (TPSA) is 86.6 Å². The quantitative estimate of drug-likeness (QED) is 0.646. The molecule has 108 valence electrons. The second-order valence-corrected chi connectivity index (χ2v) is 3.86. The Balaban J connectivity index is 0.000000157. The van der Waals surface area contributed by atoms with Gasteiger partial charge in [0.05, 0.1) is 0 Å². The second kappa shape index (κ2) is 8.92. The summed E-state index contributed by atoms with van der Waals surface area (Å²) in [6.45, 7) is 0. The predicted molar refractivity (Wildman–Crippen MR) is 78.5 cm³/mol. The zero-order valence-corrected chi connectivity index (χ0v) is 11.1. The highest BCUT2D eigenvalue weighted by atomic mass is 16.3. The van der Waals surface area contributed by atoms with Crippen LogP contribution in [-0.2, 0) is 9.59 Å². The molecule has 0 bridgehead atoms. The lowest BCUT2D eigenvalue weighted by atomic mass is 10.3. The van der Waals surface area contributed by atoms with E-state index in [1.807, 2.05) is 17.4 Å². The van der Waals surface area contributed by atoms with Gasteiger partial charge in [-0.1, -0.05) is 36.4 Å². The first kappa shape index (κ1) is 16.0. The third-order valence-electron chi connectivity index (χ3n) is 2.14. The van der Waals surface area contributed by atoms with Crippen molar-refractivity contribution in [1.82, 2.24) is 5.32 Å². The SMILES string of the molecule is O=C1C=CC(=O)N1.Oc1ccccc1.Oc1ccccc1. The van der Waals surface area contributed by atoms with Crippen molar-refractivity contribution in [2.24, 2.45) is 0 Å². The van der Waals surface area contributed by atoms with Crippen molar-refractivity contribution in [1.29, 1.82) is 0 Å². The summed E-state index contributed by atoms with van der Waals surface area (Å²) in [4.78, 5) is 20.1. The van der Waals surface area contributed by atoms with Crippen molar-refractivity contribution in [3.05, 3.63) is 72.8 Å². The van der Waals surface area contributed by atoms with Crippen LogP contribution in [0.15, 0.2) is 72.8 Å². The zero-order valence-electron chi connectivity index (χ0n) is 11.1. The van der Waals surface area contributed by atoms with Gasteiger partial charge in [0.25, 0.3) is 11.8 Å². The molecule has 3 rings (SSSR count). The Hall–Kier alpha value is -3.08. The number of rotatable bonds is 0. The van der Waals surface area contributed by atoms with Crippen LogP contribution in [0, 0.1) is 0 Å². The Morgan fingerprint density at radius 2 is 0.952 bits per heavy atom. The van der Waals surface area contributed by atoms with Crippen LogP contribution in [0.5, 0.6) is 11.5 Å². The number of hydrogen-bond acceptors (Lipinski definition) is 4. The normalized spacial score (nSPS) is 11.6. The van der Waals surface area contributed by atoms with E-state index < -0.39 is 0 Å². The van der Waals surface area contributed by atoms with Crippen molar-refractivity contribution >= 4 is 11.8 Å². The number of carbonyl (C=O) groups excluding carboxylic acids is 2. The van der Waals surface area contributed by atoms with E-state index in [0.717, 1.165) is 0 Å². The molecule has 2 aromatic rings. The van der Waals surface area contributed by atoms with Crippen LogP contribution in [0.4, 0.5) is 0 Å². The smallest absolute Gasteiger partial charge is 0.250 e. The Labute approximate surface area is 122 Å². The maximum Gasteiger partial charge on any atom is 0.250 e. The number of phenols is 2. The number of carbonyl (C=O) groups is 2. The van der Waals surface area contributed by atoms with Crippen LogP contribution in [0.3, 0.4) is 0 Å². The average molecular weight is 285 g/mol. The summed E-state index contributed by atoms with van der Waals surface area (Å²) in [6.07, 6.45) is 2.39. The van der Waals surface area contributed by atoms with Gasteiger partial charge in [0.15, 0.2) is 0 Å². The van der Waals surface area contributed by atoms with E-state index in [1.54, 1.807) is 48.5 Å². The summed E-state index contributed by atoms with van der Waals surface area (Å²) < 4.78 is 0. The summed E-state index contributed by atoms with van der Waals surface area (Å²) in [5.41, 5.74) is 0. The summed E-state index contributed by atoms with van der Waals surface area (Å²) in [5.74, 6) is -0.0139. The van der Waals surface area contributed by atoms with Gasteiger partial charge in [-0.05, 0) is 24.3 Å². The standard InChI is InChI=1S/2C6H6O.C4H3NO2/c2*7-6-4-2-1-3-5-6;6-3-1-2-4(7)5-3/h2*1-5,7H;1-2H,(H,5,6,7). The summed E-state index contributed by atoms with van der Waals surface area (Å²) in [5, 5.41) is 19.3. The third-order valence-corrected chi connectivity index (χ3v) is 2.14. The largest absolute Gasteiger partial charge is 0.508 e. The van der Waals surface area contributed by atoms with Gasteiger partial charge < -0.3 is 10.2 Å². The van der Waals surface area contributed by atoms with Crippen LogP contribution in [0.1, 0.15) is 0 Å². The molecule has 3 N–H and O–H groups in total. The minimum Gasteiger partial charge on any atom is -0.508 e. The number of phenolic OH excluding ortho intramolecular Hbond substituents is 2. The highest BCUT2D eigenvalue weighted by molar-refractivity contribution is 6.12. The van der Waals surface area contributed by atoms with Crippen LogP contribution in [0.25, 0.3) is 0 Å². The molecule has 0 fully saturated rings. The number of imide groups is 1. The van der Waals surface area contributed by atoms with Gasteiger partial charge >= 0.3 is 0 Å². The highest BCUT2D eigenvalue weighted by Gasteiger charge is 2.06. The molecule has 0 unspecified atom stereocenters. The Morgan fingerprint density at radius 3 is 1.10 bits per heavy atom. The van der Waals surface area contributed by atoms with Crippen LogP contribution in [-0.4, -0.2) is 22.0 Å².